The maximum atomic E-state index is 10.5. The van der Waals surface area contributed by atoms with E-state index in [4.69, 9.17) is 0 Å². The molecule has 0 saturated heterocycles. The van der Waals surface area contributed by atoms with E-state index >= 15 is 0 Å². The minimum Gasteiger partial charge on any atom is -0.288 e. The smallest absolute Gasteiger partial charge is 0.192 e. The fourth-order valence-corrected chi connectivity index (χ4v) is 2.18. The van der Waals surface area contributed by atoms with Gasteiger partial charge in [-0.05, 0) is 41.0 Å². The fourth-order valence-electron chi connectivity index (χ4n) is 1.80. The molecule has 0 bridgehead atoms. The van der Waals surface area contributed by atoms with Crippen molar-refractivity contribution in [2.75, 3.05) is 0 Å². The molecule has 0 N–H and O–H groups in total. The molecule has 19 heavy (non-hydrogen) atoms. The van der Waals surface area contributed by atoms with E-state index in [0.29, 0.717) is 3.79 Å². The van der Waals surface area contributed by atoms with Crippen LogP contribution in [-0.2, 0) is 11.2 Å². The Hall–Kier alpha value is -0.380. The normalized spacial score (nSPS) is 9.63. The molecule has 0 unspecified atom stereocenters. The number of aryl methyl sites for hydroxylation is 1. The molecule has 0 aliphatic carbocycles. The molecule has 0 aliphatic rings. The van der Waals surface area contributed by atoms with Gasteiger partial charge in [-0.3, -0.25) is 4.79 Å². The lowest BCUT2D eigenvalue weighted by molar-refractivity contribution is -0.109. The highest BCUT2D eigenvalue weighted by Crippen LogP contribution is 2.06. The van der Waals surface area contributed by atoms with Gasteiger partial charge in [0.25, 0.3) is 0 Å². The van der Waals surface area contributed by atoms with E-state index in [1.807, 2.05) is 22.6 Å². The maximum Gasteiger partial charge on any atom is 0.192 e. The van der Waals surface area contributed by atoms with Gasteiger partial charge in [0.15, 0.2) is 3.79 Å². The van der Waals surface area contributed by atoms with Crippen LogP contribution in [0.15, 0.2) is 30.3 Å². The lowest BCUT2D eigenvalue weighted by Crippen LogP contribution is -1.84. The van der Waals surface area contributed by atoms with E-state index in [1.165, 1.54) is 44.1 Å². The summed E-state index contributed by atoms with van der Waals surface area (Å²) in [6.07, 6.45) is 9.41. The van der Waals surface area contributed by atoms with Crippen molar-refractivity contribution in [2.45, 2.75) is 65.2 Å². The summed E-state index contributed by atoms with van der Waals surface area (Å²) in [7, 11) is 0. The van der Waals surface area contributed by atoms with Crippen LogP contribution in [-0.4, -0.2) is 3.79 Å². The van der Waals surface area contributed by atoms with Gasteiger partial charge < -0.3 is 0 Å². The number of halogens is 1. The topological polar surface area (TPSA) is 17.1 Å². The van der Waals surface area contributed by atoms with Crippen LogP contribution in [0.25, 0.3) is 0 Å². The molecule has 1 nitrogen and oxygen atoms in total. The number of unbranched alkanes of at least 4 members (excludes halogenated alkanes) is 4. The molecule has 1 rings (SSSR count). The Labute approximate surface area is 132 Å². The van der Waals surface area contributed by atoms with Gasteiger partial charge in [0.2, 0.25) is 0 Å². The first kappa shape index (κ1) is 18.6. The van der Waals surface area contributed by atoms with Crippen molar-refractivity contribution in [3.8, 4) is 0 Å². The number of hydrogen-bond donors (Lipinski definition) is 0. The Bertz CT molecular complexity index is 308. The van der Waals surface area contributed by atoms with Crippen molar-refractivity contribution in [3.05, 3.63) is 35.9 Å². The fraction of sp³-hybridized carbons (Fsp3) is 0.588. The van der Waals surface area contributed by atoms with Crippen LogP contribution in [0.1, 0.15) is 64.4 Å². The molecular formula is C17H27IO. The molecule has 0 spiro atoms. The van der Waals surface area contributed by atoms with Crippen molar-refractivity contribution in [1.82, 2.24) is 0 Å². The number of carbonyl (C=O) groups is 1. The standard InChI is InChI=1S/C9H12.C8H15IO/c1-2-6-9-7-4-3-5-8-9;1-2-3-4-5-6-7-8(9)10/h3-5,7-8H,2,6H2,1H3;2-7H2,1H3. The summed E-state index contributed by atoms with van der Waals surface area (Å²) in [5.74, 6) is 0. The Morgan fingerprint density at radius 2 is 1.58 bits per heavy atom. The van der Waals surface area contributed by atoms with Gasteiger partial charge in [-0.15, -0.1) is 0 Å². The summed E-state index contributed by atoms with van der Waals surface area (Å²) in [5.41, 5.74) is 1.44. The first-order valence-corrected chi connectivity index (χ1v) is 8.50. The summed E-state index contributed by atoms with van der Waals surface area (Å²) < 4.78 is 0.300. The van der Waals surface area contributed by atoms with Crippen LogP contribution in [0.4, 0.5) is 0 Å². The molecule has 0 heterocycles. The third-order valence-corrected chi connectivity index (χ3v) is 3.40. The molecule has 1 aromatic carbocycles. The second kappa shape index (κ2) is 14.0. The monoisotopic (exact) mass is 374 g/mol. The van der Waals surface area contributed by atoms with Gasteiger partial charge in [0.1, 0.15) is 0 Å². The number of rotatable bonds is 8. The lowest BCUT2D eigenvalue weighted by atomic mass is 10.1. The van der Waals surface area contributed by atoms with Crippen molar-refractivity contribution in [2.24, 2.45) is 0 Å². The molecular weight excluding hydrogens is 347 g/mol. The van der Waals surface area contributed by atoms with Crippen LogP contribution < -0.4 is 0 Å². The van der Waals surface area contributed by atoms with Gasteiger partial charge in [0.05, 0.1) is 0 Å². The van der Waals surface area contributed by atoms with Crippen molar-refractivity contribution in [3.63, 3.8) is 0 Å². The summed E-state index contributed by atoms with van der Waals surface area (Å²) in [4.78, 5) is 10.5. The minimum absolute atomic E-state index is 0.300. The van der Waals surface area contributed by atoms with E-state index in [1.54, 1.807) is 0 Å². The Balaban J connectivity index is 0.000000342. The van der Waals surface area contributed by atoms with Crippen LogP contribution >= 0.6 is 22.6 Å². The number of carbonyl (C=O) groups excluding carboxylic acids is 1. The zero-order valence-corrected chi connectivity index (χ0v) is 14.5. The van der Waals surface area contributed by atoms with Crippen molar-refractivity contribution in [1.29, 1.82) is 0 Å². The molecule has 0 saturated carbocycles. The number of benzene rings is 1. The highest BCUT2D eigenvalue weighted by molar-refractivity contribution is 14.1. The molecule has 108 valence electrons. The molecule has 0 fully saturated rings. The predicted octanol–water partition coefficient (Wildman–Crippen LogP) is 5.95. The van der Waals surface area contributed by atoms with E-state index in [9.17, 15) is 4.79 Å². The van der Waals surface area contributed by atoms with Crippen molar-refractivity contribution < 1.29 is 4.79 Å². The summed E-state index contributed by atoms with van der Waals surface area (Å²) >= 11 is 1.86. The second-order valence-corrected chi connectivity index (χ2v) is 5.96. The largest absolute Gasteiger partial charge is 0.288 e. The molecule has 1 aromatic rings. The molecule has 0 aromatic heterocycles. The molecule has 0 amide bonds. The third-order valence-electron chi connectivity index (χ3n) is 2.86. The van der Waals surface area contributed by atoms with Gasteiger partial charge in [-0.1, -0.05) is 76.3 Å². The van der Waals surface area contributed by atoms with Gasteiger partial charge in [0, 0.05) is 6.42 Å². The quantitative estimate of drug-likeness (QED) is 0.312. The number of hydrogen-bond acceptors (Lipinski definition) is 1. The minimum atomic E-state index is 0.300. The van der Waals surface area contributed by atoms with E-state index in [2.05, 4.69) is 44.2 Å². The summed E-state index contributed by atoms with van der Waals surface area (Å²) in [5, 5.41) is 0. The Morgan fingerprint density at radius 3 is 2.11 bits per heavy atom. The van der Waals surface area contributed by atoms with E-state index in [-0.39, 0.29) is 0 Å². The third kappa shape index (κ3) is 13.8. The SMILES string of the molecule is CCCCCCCC(=O)I.CCCc1ccccc1. The Morgan fingerprint density at radius 1 is 0.947 bits per heavy atom. The summed E-state index contributed by atoms with van der Waals surface area (Å²) in [6.45, 7) is 4.40. The predicted molar refractivity (Wildman–Crippen MR) is 92.8 cm³/mol. The second-order valence-electron chi connectivity index (χ2n) is 4.75. The van der Waals surface area contributed by atoms with Gasteiger partial charge in [-0.25, -0.2) is 0 Å². The van der Waals surface area contributed by atoms with Crippen LogP contribution in [0, 0.1) is 0 Å². The van der Waals surface area contributed by atoms with Gasteiger partial charge in [-0.2, -0.15) is 0 Å². The molecule has 0 radical (unpaired) electrons. The summed E-state index contributed by atoms with van der Waals surface area (Å²) in [6, 6.07) is 10.6. The molecule has 0 aliphatic heterocycles. The zero-order valence-electron chi connectivity index (χ0n) is 12.3. The molecule has 2 heteroatoms. The van der Waals surface area contributed by atoms with E-state index < -0.39 is 0 Å². The highest BCUT2D eigenvalue weighted by Gasteiger charge is 1.93. The average molecular weight is 374 g/mol. The average Bonchev–Trinajstić information content (AvgIpc) is 2.40. The lowest BCUT2D eigenvalue weighted by Gasteiger charge is -1.95. The van der Waals surface area contributed by atoms with Crippen LogP contribution in [0.5, 0.6) is 0 Å². The first-order valence-electron chi connectivity index (χ1n) is 7.43. The maximum absolute atomic E-state index is 10.5. The van der Waals surface area contributed by atoms with Crippen molar-refractivity contribution >= 4 is 26.4 Å². The van der Waals surface area contributed by atoms with Gasteiger partial charge >= 0.3 is 0 Å². The zero-order chi connectivity index (χ0) is 14.3. The highest BCUT2D eigenvalue weighted by atomic mass is 127. The Kier molecular flexibility index (Phi) is 13.8. The van der Waals surface area contributed by atoms with E-state index in [0.717, 1.165) is 12.8 Å². The first-order chi connectivity index (χ1) is 9.20. The van der Waals surface area contributed by atoms with Crippen LogP contribution in [0.3, 0.4) is 0 Å². The van der Waals surface area contributed by atoms with Crippen LogP contribution in [0.2, 0.25) is 0 Å². The molecule has 0 atom stereocenters.